The molecule has 1 heterocycles. The van der Waals surface area contributed by atoms with Crippen molar-refractivity contribution in [2.45, 2.75) is 13.0 Å². The number of anilines is 1. The van der Waals surface area contributed by atoms with E-state index in [0.29, 0.717) is 5.69 Å². The van der Waals surface area contributed by atoms with Crippen LogP contribution in [-0.4, -0.2) is 17.0 Å². The second-order valence-electron chi connectivity index (χ2n) is 3.92. The van der Waals surface area contributed by atoms with Crippen molar-refractivity contribution in [2.24, 2.45) is 0 Å². The molecule has 0 saturated heterocycles. The molecule has 1 unspecified atom stereocenters. The van der Waals surface area contributed by atoms with Crippen molar-refractivity contribution in [2.75, 3.05) is 5.32 Å². The minimum atomic E-state index is -0.808. The van der Waals surface area contributed by atoms with Gasteiger partial charge in [-0.3, -0.25) is 9.78 Å². The molecule has 0 aliphatic heterocycles. The van der Waals surface area contributed by atoms with Crippen molar-refractivity contribution in [1.82, 2.24) is 4.98 Å². The van der Waals surface area contributed by atoms with E-state index in [-0.39, 0.29) is 11.7 Å². The lowest BCUT2D eigenvalue weighted by Crippen LogP contribution is -2.30. The third-order valence-corrected chi connectivity index (χ3v) is 2.44. The predicted octanol–water partition coefficient (Wildman–Crippen LogP) is 2.63. The van der Waals surface area contributed by atoms with Crippen LogP contribution in [0.25, 0.3) is 0 Å². The summed E-state index contributed by atoms with van der Waals surface area (Å²) in [7, 11) is 0. The van der Waals surface area contributed by atoms with E-state index in [1.807, 2.05) is 0 Å². The first kappa shape index (κ1) is 13.0. The molecule has 5 heteroatoms. The Morgan fingerprint density at radius 1 is 1.32 bits per heavy atom. The number of ether oxygens (including phenoxy) is 1. The molecule has 1 aromatic carbocycles. The van der Waals surface area contributed by atoms with Gasteiger partial charge in [-0.15, -0.1) is 0 Å². The average molecular weight is 260 g/mol. The maximum absolute atomic E-state index is 13.4. The molecule has 0 radical (unpaired) electrons. The third kappa shape index (κ3) is 3.51. The standard InChI is InChI=1S/C14H13FN2O2/c1-10(19-13-7-3-2-6-12(13)15)14(18)17-11-5-4-8-16-9-11/h2-10H,1H3,(H,17,18). The lowest BCUT2D eigenvalue weighted by atomic mass is 10.3. The van der Waals surface area contributed by atoms with Crippen LogP contribution in [0.5, 0.6) is 5.75 Å². The van der Waals surface area contributed by atoms with Crippen molar-refractivity contribution in [3.8, 4) is 5.75 Å². The van der Waals surface area contributed by atoms with E-state index in [1.54, 1.807) is 37.4 Å². The molecule has 0 aliphatic rings. The molecule has 2 rings (SSSR count). The molecule has 0 aliphatic carbocycles. The maximum atomic E-state index is 13.4. The summed E-state index contributed by atoms with van der Waals surface area (Å²) in [5.74, 6) is -0.809. The van der Waals surface area contributed by atoms with Crippen molar-refractivity contribution >= 4 is 11.6 Å². The number of amides is 1. The molecule has 0 fully saturated rings. The van der Waals surface area contributed by atoms with Gasteiger partial charge in [0.1, 0.15) is 0 Å². The summed E-state index contributed by atoms with van der Waals surface area (Å²) in [6, 6.07) is 9.37. The summed E-state index contributed by atoms with van der Waals surface area (Å²) in [6.07, 6.45) is 2.32. The normalized spacial score (nSPS) is 11.7. The number of aromatic nitrogens is 1. The molecule has 1 amide bonds. The SMILES string of the molecule is CC(Oc1ccccc1F)C(=O)Nc1cccnc1. The number of pyridine rings is 1. The van der Waals surface area contributed by atoms with Gasteiger partial charge in [0.15, 0.2) is 17.7 Å². The molecular weight excluding hydrogens is 247 g/mol. The Morgan fingerprint density at radius 2 is 2.11 bits per heavy atom. The second-order valence-corrected chi connectivity index (χ2v) is 3.92. The fraction of sp³-hybridized carbons (Fsp3) is 0.143. The highest BCUT2D eigenvalue weighted by Crippen LogP contribution is 2.17. The Balaban J connectivity index is 1.98. The number of nitrogens with zero attached hydrogens (tertiary/aromatic N) is 1. The fourth-order valence-corrected chi connectivity index (χ4v) is 1.46. The number of benzene rings is 1. The quantitative estimate of drug-likeness (QED) is 0.919. The molecule has 1 atom stereocenters. The average Bonchev–Trinajstić information content (AvgIpc) is 2.42. The number of carbonyl (C=O) groups is 1. The van der Waals surface area contributed by atoms with Crippen LogP contribution in [0.15, 0.2) is 48.8 Å². The first-order chi connectivity index (χ1) is 9.16. The summed E-state index contributed by atoms with van der Waals surface area (Å²) in [5, 5.41) is 2.63. The van der Waals surface area contributed by atoms with Gasteiger partial charge >= 0.3 is 0 Å². The Bertz CT molecular complexity index is 560. The number of halogens is 1. The first-order valence-electron chi connectivity index (χ1n) is 5.79. The van der Waals surface area contributed by atoms with Gasteiger partial charge in [-0.05, 0) is 31.2 Å². The smallest absolute Gasteiger partial charge is 0.265 e. The molecular formula is C14H13FN2O2. The molecule has 2 aromatic rings. The zero-order valence-corrected chi connectivity index (χ0v) is 10.3. The Morgan fingerprint density at radius 3 is 2.79 bits per heavy atom. The number of rotatable bonds is 4. The van der Waals surface area contributed by atoms with E-state index in [2.05, 4.69) is 10.3 Å². The number of hydrogen-bond acceptors (Lipinski definition) is 3. The number of carbonyl (C=O) groups excluding carboxylic acids is 1. The highest BCUT2D eigenvalue weighted by atomic mass is 19.1. The summed E-state index contributed by atoms with van der Waals surface area (Å²) < 4.78 is 18.6. The van der Waals surface area contributed by atoms with Crippen molar-refractivity contribution in [3.05, 3.63) is 54.6 Å². The van der Waals surface area contributed by atoms with Gasteiger partial charge in [-0.2, -0.15) is 0 Å². The van der Waals surface area contributed by atoms with Gasteiger partial charge in [-0.25, -0.2) is 4.39 Å². The maximum Gasteiger partial charge on any atom is 0.265 e. The van der Waals surface area contributed by atoms with Gasteiger partial charge in [0.25, 0.3) is 5.91 Å². The van der Waals surface area contributed by atoms with E-state index in [0.717, 1.165) is 0 Å². The number of nitrogens with one attached hydrogen (secondary N) is 1. The fourth-order valence-electron chi connectivity index (χ4n) is 1.46. The largest absolute Gasteiger partial charge is 0.478 e. The Labute approximate surface area is 110 Å². The van der Waals surface area contributed by atoms with Crippen LogP contribution in [0.3, 0.4) is 0 Å². The Hall–Kier alpha value is -2.43. The molecule has 98 valence electrons. The van der Waals surface area contributed by atoms with E-state index in [1.165, 1.54) is 18.3 Å². The second kappa shape index (κ2) is 5.95. The van der Waals surface area contributed by atoms with Crippen LogP contribution in [0.4, 0.5) is 10.1 Å². The van der Waals surface area contributed by atoms with Crippen LogP contribution in [0, 0.1) is 5.82 Å². The van der Waals surface area contributed by atoms with E-state index < -0.39 is 11.9 Å². The van der Waals surface area contributed by atoms with Crippen LogP contribution in [0.1, 0.15) is 6.92 Å². The zero-order chi connectivity index (χ0) is 13.7. The molecule has 1 N–H and O–H groups in total. The lowest BCUT2D eigenvalue weighted by Gasteiger charge is -2.14. The number of hydrogen-bond donors (Lipinski definition) is 1. The molecule has 0 saturated carbocycles. The van der Waals surface area contributed by atoms with E-state index in [9.17, 15) is 9.18 Å². The Kier molecular flexibility index (Phi) is 4.07. The summed E-state index contributed by atoms with van der Waals surface area (Å²) >= 11 is 0. The van der Waals surface area contributed by atoms with Gasteiger partial charge in [0.2, 0.25) is 0 Å². The third-order valence-electron chi connectivity index (χ3n) is 2.44. The van der Waals surface area contributed by atoms with Crippen LogP contribution in [0.2, 0.25) is 0 Å². The van der Waals surface area contributed by atoms with Crippen molar-refractivity contribution in [3.63, 3.8) is 0 Å². The minimum absolute atomic E-state index is 0.0522. The molecule has 4 nitrogen and oxygen atoms in total. The summed E-state index contributed by atoms with van der Waals surface area (Å²) in [5.41, 5.74) is 0.566. The molecule has 1 aromatic heterocycles. The molecule has 19 heavy (non-hydrogen) atoms. The topological polar surface area (TPSA) is 51.2 Å². The summed E-state index contributed by atoms with van der Waals surface area (Å²) in [6.45, 7) is 1.55. The summed E-state index contributed by atoms with van der Waals surface area (Å²) in [4.78, 5) is 15.7. The molecule has 0 bridgehead atoms. The zero-order valence-electron chi connectivity index (χ0n) is 10.3. The lowest BCUT2D eigenvalue weighted by molar-refractivity contribution is -0.122. The highest BCUT2D eigenvalue weighted by molar-refractivity contribution is 5.93. The van der Waals surface area contributed by atoms with Crippen LogP contribution in [-0.2, 0) is 4.79 Å². The minimum Gasteiger partial charge on any atom is -0.478 e. The highest BCUT2D eigenvalue weighted by Gasteiger charge is 2.16. The monoisotopic (exact) mass is 260 g/mol. The van der Waals surface area contributed by atoms with E-state index in [4.69, 9.17) is 4.74 Å². The number of para-hydroxylation sites is 1. The van der Waals surface area contributed by atoms with Crippen molar-refractivity contribution < 1.29 is 13.9 Å². The van der Waals surface area contributed by atoms with E-state index >= 15 is 0 Å². The predicted molar refractivity (Wildman–Crippen MR) is 69.4 cm³/mol. The van der Waals surface area contributed by atoms with Gasteiger partial charge in [0.05, 0.1) is 11.9 Å². The van der Waals surface area contributed by atoms with Crippen LogP contribution < -0.4 is 10.1 Å². The molecule has 0 spiro atoms. The van der Waals surface area contributed by atoms with Gasteiger partial charge in [-0.1, -0.05) is 12.1 Å². The van der Waals surface area contributed by atoms with Crippen molar-refractivity contribution in [1.29, 1.82) is 0 Å². The van der Waals surface area contributed by atoms with Crippen LogP contribution >= 0.6 is 0 Å². The van der Waals surface area contributed by atoms with Gasteiger partial charge < -0.3 is 10.1 Å². The van der Waals surface area contributed by atoms with Gasteiger partial charge in [0, 0.05) is 6.20 Å². The first-order valence-corrected chi connectivity index (χ1v) is 5.79.